The van der Waals surface area contributed by atoms with Crippen molar-refractivity contribution < 1.29 is 9.53 Å². The Morgan fingerprint density at radius 2 is 1.69 bits per heavy atom. The number of nitrogens with zero attached hydrogens (tertiary/aromatic N) is 5. The van der Waals surface area contributed by atoms with E-state index in [0.29, 0.717) is 43.6 Å². The molecule has 7 nitrogen and oxygen atoms in total. The third kappa shape index (κ3) is 4.18. The number of aromatic nitrogens is 3. The van der Waals surface area contributed by atoms with Crippen molar-refractivity contribution in [1.82, 2.24) is 19.9 Å². The van der Waals surface area contributed by atoms with Gasteiger partial charge in [0.15, 0.2) is 0 Å². The number of carbonyl (C=O) groups excluding carboxylic acids is 1. The number of rotatable bonds is 4. The Balaban J connectivity index is 1.40. The Hall–Kier alpha value is -3.48. The second kappa shape index (κ2) is 8.26. The lowest BCUT2D eigenvalue weighted by Crippen LogP contribution is -2.49. The minimum atomic E-state index is 0.0416. The van der Waals surface area contributed by atoms with E-state index >= 15 is 0 Å². The molecule has 1 aromatic carbocycles. The lowest BCUT2D eigenvalue weighted by molar-refractivity contribution is 0.0746. The number of methoxy groups -OCH3 is 1. The molecule has 4 rings (SSSR count). The highest BCUT2D eigenvalue weighted by atomic mass is 16.5. The lowest BCUT2D eigenvalue weighted by Gasteiger charge is -2.34. The number of benzene rings is 1. The number of aryl methyl sites for hydroxylation is 1. The van der Waals surface area contributed by atoms with E-state index < -0.39 is 0 Å². The molecule has 148 valence electrons. The van der Waals surface area contributed by atoms with Crippen molar-refractivity contribution >= 4 is 11.9 Å². The number of piperazine rings is 1. The van der Waals surface area contributed by atoms with Crippen LogP contribution < -0.4 is 9.64 Å². The van der Waals surface area contributed by atoms with Gasteiger partial charge in [0.25, 0.3) is 5.91 Å². The molecular weight excluding hydrogens is 366 g/mol. The number of amides is 1. The predicted octanol–water partition coefficient (Wildman–Crippen LogP) is 2.82. The molecule has 3 aromatic rings. The summed E-state index contributed by atoms with van der Waals surface area (Å²) in [5.41, 5.74) is 3.77. The molecular formula is C22H23N5O2. The van der Waals surface area contributed by atoms with Crippen molar-refractivity contribution in [3.05, 3.63) is 66.0 Å². The van der Waals surface area contributed by atoms with Crippen LogP contribution in [0, 0.1) is 6.92 Å². The number of hydrogen-bond donors (Lipinski definition) is 0. The van der Waals surface area contributed by atoms with E-state index in [9.17, 15) is 4.79 Å². The molecule has 0 radical (unpaired) electrons. The molecule has 1 amide bonds. The van der Waals surface area contributed by atoms with Gasteiger partial charge in [-0.05, 0) is 36.8 Å². The van der Waals surface area contributed by atoms with Gasteiger partial charge in [-0.3, -0.25) is 9.78 Å². The first-order valence-electron chi connectivity index (χ1n) is 9.58. The SMILES string of the molecule is COc1ccnc(N2CCN(C(=O)c3ccc(-c4cc(C)ccn4)cc3)CC2)n1. The zero-order valence-corrected chi connectivity index (χ0v) is 16.6. The quantitative estimate of drug-likeness (QED) is 0.683. The first-order chi connectivity index (χ1) is 14.1. The second-order valence-electron chi connectivity index (χ2n) is 6.97. The topological polar surface area (TPSA) is 71.5 Å². The highest BCUT2D eigenvalue weighted by Crippen LogP contribution is 2.20. The van der Waals surface area contributed by atoms with Crippen molar-refractivity contribution in [2.24, 2.45) is 0 Å². The summed E-state index contributed by atoms with van der Waals surface area (Å²) in [4.78, 5) is 29.9. The monoisotopic (exact) mass is 389 g/mol. The van der Waals surface area contributed by atoms with E-state index in [1.54, 1.807) is 25.6 Å². The maximum Gasteiger partial charge on any atom is 0.253 e. The van der Waals surface area contributed by atoms with Gasteiger partial charge in [-0.15, -0.1) is 0 Å². The Bertz CT molecular complexity index is 998. The number of anilines is 1. The maximum absolute atomic E-state index is 12.9. The minimum absolute atomic E-state index is 0.0416. The average molecular weight is 389 g/mol. The number of carbonyl (C=O) groups is 1. The van der Waals surface area contributed by atoms with Crippen LogP contribution in [0.3, 0.4) is 0 Å². The standard InChI is InChI=1S/C22H23N5O2/c1-16-7-9-23-19(15-16)17-3-5-18(6-4-17)21(28)26-11-13-27(14-12-26)22-24-10-8-20(25-22)29-2/h3-10,15H,11-14H2,1-2H3. The zero-order chi connectivity index (χ0) is 20.2. The van der Waals surface area contributed by atoms with Crippen LogP contribution in [0.4, 0.5) is 5.95 Å². The number of ether oxygens (including phenoxy) is 1. The van der Waals surface area contributed by atoms with Gasteiger partial charge in [-0.25, -0.2) is 4.98 Å². The molecule has 0 bridgehead atoms. The van der Waals surface area contributed by atoms with Crippen LogP contribution in [0.5, 0.6) is 5.88 Å². The predicted molar refractivity (Wildman–Crippen MR) is 111 cm³/mol. The zero-order valence-electron chi connectivity index (χ0n) is 16.6. The van der Waals surface area contributed by atoms with E-state index in [1.807, 2.05) is 48.2 Å². The summed E-state index contributed by atoms with van der Waals surface area (Å²) in [6, 6.07) is 13.4. The molecule has 3 heterocycles. The highest BCUT2D eigenvalue weighted by Gasteiger charge is 2.23. The molecule has 2 aromatic heterocycles. The summed E-state index contributed by atoms with van der Waals surface area (Å²) in [5, 5.41) is 0. The van der Waals surface area contributed by atoms with Crippen LogP contribution in [-0.4, -0.2) is 59.0 Å². The number of hydrogen-bond acceptors (Lipinski definition) is 6. The lowest BCUT2D eigenvalue weighted by atomic mass is 10.1. The maximum atomic E-state index is 12.9. The fraction of sp³-hybridized carbons (Fsp3) is 0.273. The Morgan fingerprint density at radius 3 is 2.38 bits per heavy atom. The molecule has 0 saturated carbocycles. The molecule has 1 saturated heterocycles. The summed E-state index contributed by atoms with van der Waals surface area (Å²) >= 11 is 0. The molecule has 1 fully saturated rings. The van der Waals surface area contributed by atoms with Gasteiger partial charge in [0.2, 0.25) is 11.8 Å². The molecule has 0 aliphatic carbocycles. The van der Waals surface area contributed by atoms with Crippen molar-refractivity contribution in [2.75, 3.05) is 38.2 Å². The van der Waals surface area contributed by atoms with E-state index in [4.69, 9.17) is 4.74 Å². The van der Waals surface area contributed by atoms with Crippen LogP contribution in [-0.2, 0) is 0 Å². The molecule has 0 atom stereocenters. The largest absolute Gasteiger partial charge is 0.481 e. The highest BCUT2D eigenvalue weighted by molar-refractivity contribution is 5.94. The van der Waals surface area contributed by atoms with Crippen molar-refractivity contribution in [1.29, 1.82) is 0 Å². The van der Waals surface area contributed by atoms with Crippen LogP contribution in [0.2, 0.25) is 0 Å². The third-order valence-corrected chi connectivity index (χ3v) is 5.02. The van der Waals surface area contributed by atoms with Crippen LogP contribution in [0.25, 0.3) is 11.3 Å². The van der Waals surface area contributed by atoms with Gasteiger partial charge in [-0.1, -0.05) is 12.1 Å². The molecule has 0 unspecified atom stereocenters. The second-order valence-corrected chi connectivity index (χ2v) is 6.97. The molecule has 1 aliphatic rings. The Labute approximate surface area is 170 Å². The van der Waals surface area contributed by atoms with Gasteiger partial charge in [0, 0.05) is 55.8 Å². The van der Waals surface area contributed by atoms with Crippen molar-refractivity contribution in [3.63, 3.8) is 0 Å². The van der Waals surface area contributed by atoms with Crippen molar-refractivity contribution in [3.8, 4) is 17.1 Å². The van der Waals surface area contributed by atoms with Gasteiger partial charge in [0.1, 0.15) is 0 Å². The van der Waals surface area contributed by atoms with Crippen LogP contribution in [0.15, 0.2) is 54.9 Å². The van der Waals surface area contributed by atoms with E-state index in [2.05, 4.69) is 19.9 Å². The Kier molecular flexibility index (Phi) is 5.37. The molecule has 0 N–H and O–H groups in total. The summed E-state index contributed by atoms with van der Waals surface area (Å²) in [6.07, 6.45) is 3.48. The fourth-order valence-electron chi connectivity index (χ4n) is 3.37. The molecule has 1 aliphatic heterocycles. The van der Waals surface area contributed by atoms with E-state index in [1.165, 1.54) is 0 Å². The van der Waals surface area contributed by atoms with E-state index in [-0.39, 0.29) is 5.91 Å². The van der Waals surface area contributed by atoms with E-state index in [0.717, 1.165) is 16.8 Å². The Morgan fingerprint density at radius 1 is 0.966 bits per heavy atom. The summed E-state index contributed by atoms with van der Waals surface area (Å²) in [5.74, 6) is 1.21. The summed E-state index contributed by atoms with van der Waals surface area (Å²) in [7, 11) is 1.59. The smallest absolute Gasteiger partial charge is 0.253 e. The average Bonchev–Trinajstić information content (AvgIpc) is 2.79. The van der Waals surface area contributed by atoms with Gasteiger partial charge < -0.3 is 14.5 Å². The first kappa shape index (κ1) is 18.9. The summed E-state index contributed by atoms with van der Waals surface area (Å²) in [6.45, 7) is 4.66. The summed E-state index contributed by atoms with van der Waals surface area (Å²) < 4.78 is 5.16. The minimum Gasteiger partial charge on any atom is -0.481 e. The van der Waals surface area contributed by atoms with Gasteiger partial charge >= 0.3 is 0 Å². The first-order valence-corrected chi connectivity index (χ1v) is 9.58. The number of pyridine rings is 1. The van der Waals surface area contributed by atoms with Gasteiger partial charge in [0.05, 0.1) is 12.8 Å². The molecule has 7 heteroatoms. The molecule has 29 heavy (non-hydrogen) atoms. The van der Waals surface area contributed by atoms with Gasteiger partial charge in [-0.2, -0.15) is 4.98 Å². The van der Waals surface area contributed by atoms with Crippen molar-refractivity contribution in [2.45, 2.75) is 6.92 Å². The molecule has 0 spiro atoms. The van der Waals surface area contributed by atoms with Crippen LogP contribution >= 0.6 is 0 Å². The third-order valence-electron chi connectivity index (χ3n) is 5.02. The normalized spacial score (nSPS) is 14.0. The fourth-order valence-corrected chi connectivity index (χ4v) is 3.37. The van der Waals surface area contributed by atoms with Crippen LogP contribution in [0.1, 0.15) is 15.9 Å².